The van der Waals surface area contributed by atoms with Gasteiger partial charge in [-0.1, -0.05) is 15.6 Å². The minimum atomic E-state index is -0.506. The molecule has 0 spiro atoms. The molecule has 3 nitrogen and oxygen atoms in total. The van der Waals surface area contributed by atoms with Gasteiger partial charge in [-0.05, 0) is 26.8 Å². The number of halogens is 1. The summed E-state index contributed by atoms with van der Waals surface area (Å²) in [5.74, 6) is 0. The number of rotatable bonds is 0. The summed E-state index contributed by atoms with van der Waals surface area (Å²) < 4.78 is 5.41. The van der Waals surface area contributed by atoms with Gasteiger partial charge in [0.1, 0.15) is 11.3 Å². The summed E-state index contributed by atoms with van der Waals surface area (Å²) in [5, 5.41) is 0. The molecule has 0 saturated carbocycles. The molecule has 1 amide bonds. The van der Waals surface area contributed by atoms with Crippen LogP contribution >= 0.6 is 16.1 Å². The molecule has 0 aliphatic carbocycles. The number of carbonyl (C=O) groups excluding carboxylic acids is 1. The SMILES string of the molecule is CC1=Cc2ccccc2[N+]1(Br)C(=O)OC(C)(C)C. The first-order valence-corrected chi connectivity index (χ1v) is 6.57. The van der Waals surface area contributed by atoms with Crippen molar-refractivity contribution in [3.05, 3.63) is 35.5 Å². The molecule has 1 atom stereocenters. The minimum Gasteiger partial charge on any atom is -0.413 e. The molecular formula is C14H17BrNO2+. The molecule has 96 valence electrons. The van der Waals surface area contributed by atoms with Gasteiger partial charge in [-0.3, -0.25) is 0 Å². The van der Waals surface area contributed by atoms with Crippen LogP contribution in [0.5, 0.6) is 0 Å². The lowest BCUT2D eigenvalue weighted by Crippen LogP contribution is -2.44. The van der Waals surface area contributed by atoms with Crippen molar-refractivity contribution >= 4 is 34.0 Å². The minimum absolute atomic E-state index is 0.0829. The number of para-hydroxylation sites is 1. The van der Waals surface area contributed by atoms with E-state index in [-0.39, 0.29) is 9.60 Å². The fourth-order valence-electron chi connectivity index (χ4n) is 1.96. The van der Waals surface area contributed by atoms with Crippen LogP contribution in [0.1, 0.15) is 33.3 Å². The highest BCUT2D eigenvalue weighted by atomic mass is 79.9. The molecule has 1 aromatic carbocycles. The number of hydrogen-bond donors (Lipinski definition) is 0. The van der Waals surface area contributed by atoms with E-state index in [4.69, 9.17) is 4.74 Å². The molecule has 2 rings (SSSR count). The number of benzene rings is 1. The summed E-state index contributed by atoms with van der Waals surface area (Å²) in [7, 11) is 0. The van der Waals surface area contributed by atoms with E-state index in [0.717, 1.165) is 16.9 Å². The summed E-state index contributed by atoms with van der Waals surface area (Å²) in [6.07, 6.45) is 1.68. The normalized spacial score (nSPS) is 22.4. The summed E-state index contributed by atoms with van der Waals surface area (Å²) in [4.78, 5) is 12.4. The van der Waals surface area contributed by atoms with Crippen LogP contribution in [0.3, 0.4) is 0 Å². The maximum absolute atomic E-state index is 12.4. The molecule has 0 radical (unpaired) electrons. The topological polar surface area (TPSA) is 26.3 Å². The molecule has 1 unspecified atom stereocenters. The quantitative estimate of drug-likeness (QED) is 0.654. The maximum Gasteiger partial charge on any atom is 0.537 e. The third-order valence-corrected chi connectivity index (χ3v) is 4.00. The first-order chi connectivity index (χ1) is 8.25. The Kier molecular flexibility index (Phi) is 3.11. The number of quaternary nitrogens is 1. The third kappa shape index (κ3) is 2.10. The number of hydrogen-bond acceptors (Lipinski definition) is 2. The van der Waals surface area contributed by atoms with E-state index in [9.17, 15) is 4.79 Å². The largest absolute Gasteiger partial charge is 0.537 e. The molecule has 0 bridgehead atoms. The van der Waals surface area contributed by atoms with Gasteiger partial charge in [0, 0.05) is 24.6 Å². The Morgan fingerprint density at radius 2 is 1.89 bits per heavy atom. The van der Waals surface area contributed by atoms with Crippen LogP contribution in [0.2, 0.25) is 0 Å². The number of amides is 1. The Labute approximate surface area is 116 Å². The molecule has 1 aliphatic heterocycles. The Morgan fingerprint density at radius 1 is 1.28 bits per heavy atom. The Morgan fingerprint density at radius 3 is 2.50 bits per heavy atom. The second kappa shape index (κ2) is 4.21. The fourth-order valence-corrected chi connectivity index (χ4v) is 2.46. The van der Waals surface area contributed by atoms with E-state index in [2.05, 4.69) is 16.1 Å². The highest BCUT2D eigenvalue weighted by Crippen LogP contribution is 2.44. The van der Waals surface area contributed by atoms with Crippen molar-refractivity contribution in [2.75, 3.05) is 0 Å². The molecule has 0 N–H and O–H groups in total. The summed E-state index contributed by atoms with van der Waals surface area (Å²) >= 11 is 3.52. The van der Waals surface area contributed by atoms with Crippen LogP contribution < -0.4 is 3.51 Å². The third-order valence-electron chi connectivity index (χ3n) is 2.76. The van der Waals surface area contributed by atoms with Gasteiger partial charge >= 0.3 is 6.09 Å². The van der Waals surface area contributed by atoms with Crippen molar-refractivity contribution in [1.82, 2.24) is 3.51 Å². The molecule has 4 heteroatoms. The zero-order chi connectivity index (χ0) is 13.6. The lowest BCUT2D eigenvalue weighted by Gasteiger charge is -2.27. The van der Waals surface area contributed by atoms with E-state index >= 15 is 0 Å². The smallest absolute Gasteiger partial charge is 0.413 e. The molecule has 18 heavy (non-hydrogen) atoms. The molecule has 1 aliphatic rings. The summed E-state index contributed by atoms with van der Waals surface area (Å²) in [6, 6.07) is 7.80. The highest BCUT2D eigenvalue weighted by Gasteiger charge is 2.48. The average molecular weight is 311 g/mol. The molecular weight excluding hydrogens is 294 g/mol. The molecule has 0 aromatic heterocycles. The Bertz CT molecular complexity index is 531. The lowest BCUT2D eigenvalue weighted by molar-refractivity contribution is 0.0457. The second-order valence-electron chi connectivity index (χ2n) is 5.41. The van der Waals surface area contributed by atoms with E-state index < -0.39 is 5.60 Å². The second-order valence-corrected chi connectivity index (χ2v) is 6.48. The van der Waals surface area contributed by atoms with Gasteiger partial charge in [0.15, 0.2) is 5.69 Å². The molecule has 1 heterocycles. The maximum atomic E-state index is 12.4. The zero-order valence-corrected chi connectivity index (χ0v) is 12.6. The van der Waals surface area contributed by atoms with E-state index in [1.165, 1.54) is 0 Å². The molecule has 0 saturated heterocycles. The molecule has 0 fully saturated rings. The van der Waals surface area contributed by atoms with Crippen LogP contribution in [-0.4, -0.2) is 11.7 Å². The summed E-state index contributed by atoms with van der Waals surface area (Å²) in [5.41, 5.74) is 2.32. The van der Waals surface area contributed by atoms with Gasteiger partial charge < -0.3 is 4.74 Å². The number of nitrogens with zero attached hydrogens (tertiary/aromatic N) is 1. The van der Waals surface area contributed by atoms with Gasteiger partial charge in [0.2, 0.25) is 0 Å². The lowest BCUT2D eigenvalue weighted by atomic mass is 10.2. The number of fused-ring (bicyclic) bond motifs is 1. The van der Waals surface area contributed by atoms with Crippen LogP contribution in [-0.2, 0) is 4.74 Å². The van der Waals surface area contributed by atoms with Gasteiger partial charge in [-0.25, -0.2) is 0 Å². The first-order valence-electron chi connectivity index (χ1n) is 5.86. The van der Waals surface area contributed by atoms with Crippen molar-refractivity contribution in [1.29, 1.82) is 0 Å². The number of carbonyl (C=O) groups is 1. The van der Waals surface area contributed by atoms with Crippen molar-refractivity contribution in [3.8, 4) is 0 Å². The van der Waals surface area contributed by atoms with E-state index in [1.54, 1.807) is 0 Å². The van der Waals surface area contributed by atoms with E-state index in [0.29, 0.717) is 0 Å². The van der Waals surface area contributed by atoms with Crippen LogP contribution in [0, 0.1) is 0 Å². The van der Waals surface area contributed by atoms with Gasteiger partial charge in [-0.15, -0.1) is 0 Å². The summed E-state index contributed by atoms with van der Waals surface area (Å²) in [6.45, 7) is 7.51. The average Bonchev–Trinajstić information content (AvgIpc) is 2.51. The van der Waals surface area contributed by atoms with Crippen molar-refractivity contribution < 1.29 is 9.53 Å². The zero-order valence-electron chi connectivity index (χ0n) is 11.0. The first kappa shape index (κ1) is 13.3. The van der Waals surface area contributed by atoms with Gasteiger partial charge in [0.05, 0.1) is 0 Å². The standard InChI is InChI=1S/C14H17BrNO2/c1-10-9-11-7-5-6-8-12(11)16(10,15)13(17)18-14(2,3)4/h5-9H,1-4H3/q+1. The number of allylic oxidation sites excluding steroid dienone is 1. The fraction of sp³-hybridized carbons (Fsp3) is 0.357. The van der Waals surface area contributed by atoms with Gasteiger partial charge in [0.25, 0.3) is 16.1 Å². The monoisotopic (exact) mass is 310 g/mol. The highest BCUT2D eigenvalue weighted by molar-refractivity contribution is 9.09. The predicted molar refractivity (Wildman–Crippen MR) is 77.0 cm³/mol. The van der Waals surface area contributed by atoms with Crippen LogP contribution in [0.25, 0.3) is 6.08 Å². The van der Waals surface area contributed by atoms with Crippen molar-refractivity contribution in [2.45, 2.75) is 33.3 Å². The number of ether oxygens (including phenoxy) is 1. The van der Waals surface area contributed by atoms with Gasteiger partial charge in [-0.2, -0.15) is 4.79 Å². The molecule has 1 aromatic rings. The van der Waals surface area contributed by atoms with E-state index in [1.807, 2.05) is 58.0 Å². The Hall–Kier alpha value is -1.13. The van der Waals surface area contributed by atoms with Crippen molar-refractivity contribution in [2.24, 2.45) is 0 Å². The van der Waals surface area contributed by atoms with Crippen LogP contribution in [0.15, 0.2) is 30.0 Å². The Balaban J connectivity index is 2.43. The predicted octanol–water partition coefficient (Wildman–Crippen LogP) is 4.61. The van der Waals surface area contributed by atoms with Crippen molar-refractivity contribution in [3.63, 3.8) is 0 Å². The van der Waals surface area contributed by atoms with Crippen LogP contribution in [0.4, 0.5) is 10.5 Å².